The molecule has 5 heteroatoms. The van der Waals surface area contributed by atoms with E-state index < -0.39 is 0 Å². The Kier molecular flexibility index (Phi) is 6.57. The summed E-state index contributed by atoms with van der Waals surface area (Å²) >= 11 is 0. The lowest BCUT2D eigenvalue weighted by Crippen LogP contribution is -2.04. The van der Waals surface area contributed by atoms with Crippen molar-refractivity contribution < 1.29 is 14.3 Å². The molecular formula is C20H24N2O3. The third-order valence-electron chi connectivity index (χ3n) is 4.01. The number of rotatable bonds is 8. The number of hydrogen-bond acceptors (Lipinski definition) is 4. The smallest absolute Gasteiger partial charge is 0.178 e. The molecule has 0 amide bonds. The van der Waals surface area contributed by atoms with Gasteiger partial charge in [0.05, 0.1) is 14.2 Å². The van der Waals surface area contributed by atoms with Crippen molar-refractivity contribution in [3.63, 3.8) is 0 Å². The number of benzene rings is 1. The molecular weight excluding hydrogens is 316 g/mol. The van der Waals surface area contributed by atoms with E-state index in [2.05, 4.69) is 23.4 Å². The van der Waals surface area contributed by atoms with Crippen LogP contribution >= 0.6 is 0 Å². The maximum absolute atomic E-state index is 12.1. The van der Waals surface area contributed by atoms with Crippen LogP contribution in [0, 0.1) is 0 Å². The highest BCUT2D eigenvalue weighted by Crippen LogP contribution is 2.27. The van der Waals surface area contributed by atoms with Gasteiger partial charge < -0.3 is 14.0 Å². The SMILES string of the molecule is CCC(C)n1ccnc1/C=C/C(=O)/C=C/c1ccc(OC)c(OC)c1. The first-order valence-electron chi connectivity index (χ1n) is 8.24. The van der Waals surface area contributed by atoms with E-state index >= 15 is 0 Å². The summed E-state index contributed by atoms with van der Waals surface area (Å²) in [6, 6.07) is 5.84. The van der Waals surface area contributed by atoms with Gasteiger partial charge in [0.2, 0.25) is 0 Å². The van der Waals surface area contributed by atoms with E-state index in [0.29, 0.717) is 17.5 Å². The Balaban J connectivity index is 2.07. The lowest BCUT2D eigenvalue weighted by Gasteiger charge is -2.11. The Morgan fingerprint density at radius 2 is 1.92 bits per heavy atom. The summed E-state index contributed by atoms with van der Waals surface area (Å²) in [5.41, 5.74) is 0.862. The minimum atomic E-state index is -0.103. The van der Waals surface area contributed by atoms with Crippen molar-refractivity contribution in [1.29, 1.82) is 0 Å². The summed E-state index contributed by atoms with van der Waals surface area (Å²) in [4.78, 5) is 16.4. The third-order valence-corrected chi connectivity index (χ3v) is 4.01. The minimum Gasteiger partial charge on any atom is -0.493 e. The first kappa shape index (κ1) is 18.5. The number of hydrogen-bond donors (Lipinski definition) is 0. The molecule has 2 aromatic rings. The molecule has 0 saturated carbocycles. The third kappa shape index (κ3) is 4.83. The molecule has 0 spiro atoms. The van der Waals surface area contributed by atoms with Crippen molar-refractivity contribution in [2.45, 2.75) is 26.3 Å². The lowest BCUT2D eigenvalue weighted by molar-refractivity contribution is -0.110. The second-order valence-electron chi connectivity index (χ2n) is 5.63. The number of ether oxygens (including phenoxy) is 2. The molecule has 2 rings (SSSR count). The monoisotopic (exact) mass is 340 g/mol. The van der Waals surface area contributed by atoms with Crippen LogP contribution in [0.15, 0.2) is 42.7 Å². The van der Waals surface area contributed by atoms with Crippen molar-refractivity contribution in [1.82, 2.24) is 9.55 Å². The van der Waals surface area contributed by atoms with Crippen LogP contribution in [0.4, 0.5) is 0 Å². The van der Waals surface area contributed by atoms with Gasteiger partial charge in [-0.3, -0.25) is 4.79 Å². The van der Waals surface area contributed by atoms with Gasteiger partial charge in [0.1, 0.15) is 5.82 Å². The van der Waals surface area contributed by atoms with Crippen molar-refractivity contribution >= 4 is 17.9 Å². The fourth-order valence-corrected chi connectivity index (χ4v) is 2.37. The number of carbonyl (C=O) groups excluding carboxylic acids is 1. The zero-order valence-corrected chi connectivity index (χ0v) is 15.1. The summed E-state index contributed by atoms with van der Waals surface area (Å²) in [6.07, 6.45) is 11.2. The number of carbonyl (C=O) groups is 1. The number of ketones is 1. The summed E-state index contributed by atoms with van der Waals surface area (Å²) in [5, 5.41) is 0. The van der Waals surface area contributed by atoms with Gasteiger partial charge in [0.25, 0.3) is 0 Å². The fourth-order valence-electron chi connectivity index (χ4n) is 2.37. The lowest BCUT2D eigenvalue weighted by atomic mass is 10.1. The van der Waals surface area contributed by atoms with Crippen LogP contribution in [-0.4, -0.2) is 29.6 Å². The second kappa shape index (κ2) is 8.87. The van der Waals surface area contributed by atoms with Gasteiger partial charge in [-0.25, -0.2) is 4.98 Å². The topological polar surface area (TPSA) is 53.4 Å². The van der Waals surface area contributed by atoms with Gasteiger partial charge in [-0.05, 0) is 49.3 Å². The van der Waals surface area contributed by atoms with Crippen molar-refractivity contribution in [2.24, 2.45) is 0 Å². The minimum absolute atomic E-state index is 0.103. The number of imidazole rings is 1. The van der Waals surface area contributed by atoms with Gasteiger partial charge in [-0.15, -0.1) is 0 Å². The molecule has 0 N–H and O–H groups in total. The average molecular weight is 340 g/mol. The summed E-state index contributed by atoms with van der Waals surface area (Å²) in [7, 11) is 3.17. The van der Waals surface area contributed by atoms with Crippen LogP contribution in [0.25, 0.3) is 12.2 Å². The molecule has 1 heterocycles. The first-order valence-corrected chi connectivity index (χ1v) is 8.24. The Hall–Kier alpha value is -2.82. The predicted molar refractivity (Wildman–Crippen MR) is 99.9 cm³/mol. The number of allylic oxidation sites excluding steroid dienone is 2. The van der Waals surface area contributed by atoms with Gasteiger partial charge in [-0.2, -0.15) is 0 Å². The Morgan fingerprint density at radius 3 is 2.60 bits per heavy atom. The second-order valence-corrected chi connectivity index (χ2v) is 5.63. The van der Waals surface area contributed by atoms with Crippen molar-refractivity contribution in [2.75, 3.05) is 14.2 Å². The number of methoxy groups -OCH3 is 2. The molecule has 1 aromatic carbocycles. The van der Waals surface area contributed by atoms with Gasteiger partial charge in [0.15, 0.2) is 17.3 Å². The van der Waals surface area contributed by atoms with Crippen LogP contribution in [0.3, 0.4) is 0 Å². The first-order chi connectivity index (χ1) is 12.1. The zero-order valence-electron chi connectivity index (χ0n) is 15.1. The van der Waals surface area contributed by atoms with E-state index in [1.54, 1.807) is 32.6 Å². The number of aromatic nitrogens is 2. The number of nitrogens with zero attached hydrogens (tertiary/aromatic N) is 2. The van der Waals surface area contributed by atoms with Crippen LogP contribution in [-0.2, 0) is 4.79 Å². The van der Waals surface area contributed by atoms with Gasteiger partial charge >= 0.3 is 0 Å². The van der Waals surface area contributed by atoms with E-state index in [-0.39, 0.29) is 5.78 Å². The summed E-state index contributed by atoms with van der Waals surface area (Å²) < 4.78 is 12.5. The molecule has 0 fully saturated rings. The standard InChI is InChI=1S/C20H24N2O3/c1-5-15(2)22-13-12-21-20(22)11-9-17(23)8-6-16-7-10-18(24-3)19(14-16)25-4/h6-15H,5H2,1-4H3/b8-6+,11-9+. The molecule has 25 heavy (non-hydrogen) atoms. The van der Waals surface area contributed by atoms with Gasteiger partial charge in [0, 0.05) is 18.4 Å². The average Bonchev–Trinajstić information content (AvgIpc) is 3.12. The normalized spacial score (nSPS) is 12.6. The molecule has 0 aliphatic rings. The molecule has 0 aliphatic heterocycles. The molecule has 132 valence electrons. The highest BCUT2D eigenvalue weighted by molar-refractivity contribution is 6.04. The zero-order chi connectivity index (χ0) is 18.2. The van der Waals surface area contributed by atoms with Crippen LogP contribution < -0.4 is 9.47 Å². The molecule has 0 radical (unpaired) electrons. The maximum Gasteiger partial charge on any atom is 0.178 e. The van der Waals surface area contributed by atoms with E-state index in [1.165, 1.54) is 12.2 Å². The molecule has 0 aliphatic carbocycles. The van der Waals surface area contributed by atoms with Crippen molar-refractivity contribution in [3.05, 3.63) is 54.1 Å². The molecule has 0 saturated heterocycles. The van der Waals surface area contributed by atoms with Crippen molar-refractivity contribution in [3.8, 4) is 11.5 Å². The quantitative estimate of drug-likeness (QED) is 0.677. The molecule has 0 bridgehead atoms. The molecule has 1 atom stereocenters. The van der Waals surface area contributed by atoms with Gasteiger partial charge in [-0.1, -0.05) is 19.1 Å². The summed E-state index contributed by atoms with van der Waals surface area (Å²) in [5.74, 6) is 1.96. The molecule has 1 unspecified atom stereocenters. The van der Waals surface area contributed by atoms with Crippen LogP contribution in [0.5, 0.6) is 11.5 Å². The largest absolute Gasteiger partial charge is 0.493 e. The van der Waals surface area contributed by atoms with E-state index in [0.717, 1.165) is 17.8 Å². The predicted octanol–water partition coefficient (Wildman–Crippen LogP) is 4.17. The summed E-state index contributed by atoms with van der Waals surface area (Å²) in [6.45, 7) is 4.24. The highest BCUT2D eigenvalue weighted by atomic mass is 16.5. The van der Waals surface area contributed by atoms with E-state index in [4.69, 9.17) is 9.47 Å². The molecule has 5 nitrogen and oxygen atoms in total. The Labute approximate surface area is 148 Å². The fraction of sp³-hybridized carbons (Fsp3) is 0.300. The maximum atomic E-state index is 12.1. The van der Waals surface area contributed by atoms with E-state index in [9.17, 15) is 4.79 Å². The van der Waals surface area contributed by atoms with Crippen LogP contribution in [0.1, 0.15) is 37.7 Å². The van der Waals surface area contributed by atoms with E-state index in [1.807, 2.05) is 24.4 Å². The highest BCUT2D eigenvalue weighted by Gasteiger charge is 2.06. The molecule has 1 aromatic heterocycles. The van der Waals surface area contributed by atoms with Crippen LogP contribution in [0.2, 0.25) is 0 Å². The Morgan fingerprint density at radius 1 is 1.20 bits per heavy atom. The Bertz CT molecular complexity index is 775.